The second-order valence-corrected chi connectivity index (χ2v) is 9.24. The average Bonchev–Trinajstić information content (AvgIpc) is 2.96. The van der Waals surface area contributed by atoms with Crippen LogP contribution in [0.2, 0.25) is 0 Å². The predicted octanol–water partition coefficient (Wildman–Crippen LogP) is 8.58. The Morgan fingerprint density at radius 3 is 1.15 bits per heavy atom. The molecule has 6 heteroatoms. The highest BCUT2D eigenvalue weighted by Crippen LogP contribution is 2.24. The van der Waals surface area contributed by atoms with E-state index in [-0.39, 0.29) is 11.8 Å². The van der Waals surface area contributed by atoms with Gasteiger partial charge in [0.15, 0.2) is 0 Å². The number of ether oxygens (including phenoxy) is 2. The summed E-state index contributed by atoms with van der Waals surface area (Å²) in [7, 11) is 0. The molecule has 0 saturated carbocycles. The number of rotatable bonds is 14. The van der Waals surface area contributed by atoms with E-state index < -0.39 is 0 Å². The van der Waals surface area contributed by atoms with Gasteiger partial charge < -0.3 is 20.1 Å². The SMILES string of the molecule is O=C(CCCCCCCC(=O)Nc1ccc(Oc2ccccc2)cc1)Nc1ccc(Oc2ccccc2)cc1. The number of unbranched alkanes of at least 4 members (excludes halogenated alkanes) is 4. The lowest BCUT2D eigenvalue weighted by atomic mass is 10.1. The molecule has 2 N–H and O–H groups in total. The summed E-state index contributed by atoms with van der Waals surface area (Å²) in [6, 6.07) is 33.9. The van der Waals surface area contributed by atoms with Gasteiger partial charge in [-0.25, -0.2) is 0 Å². The largest absolute Gasteiger partial charge is 0.457 e. The number of hydrogen-bond donors (Lipinski definition) is 2. The Kier molecular flexibility index (Phi) is 10.5. The zero-order valence-corrected chi connectivity index (χ0v) is 22.0. The molecule has 4 aromatic rings. The molecule has 4 rings (SSSR count). The zero-order valence-electron chi connectivity index (χ0n) is 22.0. The average molecular weight is 523 g/mol. The third-order valence-electron chi connectivity index (χ3n) is 6.04. The van der Waals surface area contributed by atoms with Crippen molar-refractivity contribution < 1.29 is 19.1 Å². The van der Waals surface area contributed by atoms with Gasteiger partial charge in [-0.05, 0) is 85.6 Å². The van der Waals surface area contributed by atoms with Crippen LogP contribution in [0.15, 0.2) is 109 Å². The Balaban J connectivity index is 1.03. The molecule has 200 valence electrons. The molecule has 0 fully saturated rings. The van der Waals surface area contributed by atoms with E-state index >= 15 is 0 Å². The predicted molar refractivity (Wildman–Crippen MR) is 155 cm³/mol. The minimum absolute atomic E-state index is 0.00583. The normalized spacial score (nSPS) is 10.5. The number of benzene rings is 4. The molecule has 0 aliphatic heterocycles. The van der Waals surface area contributed by atoms with Gasteiger partial charge in [-0.3, -0.25) is 9.59 Å². The maximum atomic E-state index is 12.2. The molecule has 4 aromatic carbocycles. The summed E-state index contributed by atoms with van der Waals surface area (Å²) >= 11 is 0. The minimum atomic E-state index is 0.00583. The van der Waals surface area contributed by atoms with Crippen molar-refractivity contribution >= 4 is 23.2 Å². The number of amides is 2. The molecule has 0 atom stereocenters. The van der Waals surface area contributed by atoms with Crippen molar-refractivity contribution in [2.75, 3.05) is 10.6 Å². The van der Waals surface area contributed by atoms with Crippen molar-refractivity contribution in [2.24, 2.45) is 0 Å². The lowest BCUT2D eigenvalue weighted by Gasteiger charge is -2.09. The molecule has 6 nitrogen and oxygen atoms in total. The van der Waals surface area contributed by atoms with Crippen LogP contribution >= 0.6 is 0 Å². The summed E-state index contributed by atoms with van der Waals surface area (Å²) in [5, 5.41) is 5.87. The van der Waals surface area contributed by atoms with Crippen molar-refractivity contribution in [1.29, 1.82) is 0 Å². The molecular formula is C33H34N2O4. The van der Waals surface area contributed by atoms with Gasteiger partial charge in [0.1, 0.15) is 23.0 Å². The first-order valence-corrected chi connectivity index (χ1v) is 13.4. The zero-order chi connectivity index (χ0) is 27.1. The van der Waals surface area contributed by atoms with Crippen molar-refractivity contribution in [3.05, 3.63) is 109 Å². The van der Waals surface area contributed by atoms with Crippen LogP contribution < -0.4 is 20.1 Å². The van der Waals surface area contributed by atoms with Gasteiger partial charge in [0, 0.05) is 24.2 Å². The van der Waals surface area contributed by atoms with Gasteiger partial charge >= 0.3 is 0 Å². The van der Waals surface area contributed by atoms with E-state index in [1.54, 1.807) is 0 Å². The van der Waals surface area contributed by atoms with Crippen LogP contribution in [0.25, 0.3) is 0 Å². The van der Waals surface area contributed by atoms with E-state index in [1.807, 2.05) is 109 Å². The number of anilines is 2. The summed E-state index contributed by atoms with van der Waals surface area (Å²) in [4.78, 5) is 24.5. The number of nitrogens with one attached hydrogen (secondary N) is 2. The maximum Gasteiger partial charge on any atom is 0.224 e. The monoisotopic (exact) mass is 522 g/mol. The van der Waals surface area contributed by atoms with Gasteiger partial charge in [-0.1, -0.05) is 55.7 Å². The Bertz CT molecular complexity index is 1190. The topological polar surface area (TPSA) is 76.7 Å². The molecule has 0 aliphatic rings. The fourth-order valence-electron chi connectivity index (χ4n) is 4.01. The molecule has 0 spiro atoms. The van der Waals surface area contributed by atoms with Crippen LogP contribution in [0.5, 0.6) is 23.0 Å². The van der Waals surface area contributed by atoms with Crippen molar-refractivity contribution in [3.63, 3.8) is 0 Å². The van der Waals surface area contributed by atoms with Gasteiger partial charge in [-0.15, -0.1) is 0 Å². The molecule has 0 aliphatic carbocycles. The maximum absolute atomic E-state index is 12.2. The number of para-hydroxylation sites is 2. The summed E-state index contributed by atoms with van der Waals surface area (Å²) in [5.74, 6) is 3.00. The van der Waals surface area contributed by atoms with E-state index in [0.29, 0.717) is 12.8 Å². The highest BCUT2D eigenvalue weighted by molar-refractivity contribution is 5.91. The van der Waals surface area contributed by atoms with Gasteiger partial charge in [0.05, 0.1) is 0 Å². The van der Waals surface area contributed by atoms with Crippen molar-refractivity contribution in [2.45, 2.75) is 44.9 Å². The highest BCUT2D eigenvalue weighted by Gasteiger charge is 2.06. The molecule has 0 radical (unpaired) electrons. The molecule has 0 bridgehead atoms. The van der Waals surface area contributed by atoms with Gasteiger partial charge in [0.2, 0.25) is 11.8 Å². The molecule has 0 aromatic heterocycles. The number of carbonyl (C=O) groups is 2. The molecular weight excluding hydrogens is 488 g/mol. The molecule has 0 unspecified atom stereocenters. The fraction of sp³-hybridized carbons (Fsp3) is 0.212. The minimum Gasteiger partial charge on any atom is -0.457 e. The van der Waals surface area contributed by atoms with E-state index in [1.165, 1.54) is 0 Å². The third kappa shape index (κ3) is 10.0. The first-order valence-electron chi connectivity index (χ1n) is 13.4. The lowest BCUT2D eigenvalue weighted by Crippen LogP contribution is -2.11. The fourth-order valence-corrected chi connectivity index (χ4v) is 4.01. The van der Waals surface area contributed by atoms with E-state index in [4.69, 9.17) is 9.47 Å². The Hall–Kier alpha value is -4.58. The first-order chi connectivity index (χ1) is 19.1. The summed E-state index contributed by atoms with van der Waals surface area (Å²) in [5.41, 5.74) is 1.51. The number of hydrogen-bond acceptors (Lipinski definition) is 4. The van der Waals surface area contributed by atoms with E-state index in [0.717, 1.165) is 66.5 Å². The van der Waals surface area contributed by atoms with Crippen LogP contribution in [0.4, 0.5) is 11.4 Å². The molecule has 0 saturated heterocycles. The first kappa shape index (κ1) is 27.5. The van der Waals surface area contributed by atoms with Gasteiger partial charge in [-0.2, -0.15) is 0 Å². The van der Waals surface area contributed by atoms with Crippen LogP contribution in [-0.2, 0) is 9.59 Å². The second kappa shape index (κ2) is 15.0. The smallest absolute Gasteiger partial charge is 0.224 e. The van der Waals surface area contributed by atoms with Crippen LogP contribution in [0, 0.1) is 0 Å². The van der Waals surface area contributed by atoms with Crippen LogP contribution in [-0.4, -0.2) is 11.8 Å². The van der Waals surface area contributed by atoms with Crippen LogP contribution in [0.3, 0.4) is 0 Å². The Morgan fingerprint density at radius 2 is 0.769 bits per heavy atom. The van der Waals surface area contributed by atoms with Crippen molar-refractivity contribution in [3.8, 4) is 23.0 Å². The molecule has 39 heavy (non-hydrogen) atoms. The van der Waals surface area contributed by atoms with Gasteiger partial charge in [0.25, 0.3) is 0 Å². The Labute approximate surface area is 230 Å². The summed E-state index contributed by atoms with van der Waals surface area (Å²) < 4.78 is 11.5. The van der Waals surface area contributed by atoms with Crippen molar-refractivity contribution in [1.82, 2.24) is 0 Å². The third-order valence-corrected chi connectivity index (χ3v) is 6.04. The Morgan fingerprint density at radius 1 is 0.436 bits per heavy atom. The molecule has 2 amide bonds. The lowest BCUT2D eigenvalue weighted by molar-refractivity contribution is -0.117. The summed E-state index contributed by atoms with van der Waals surface area (Å²) in [6.45, 7) is 0. The number of carbonyl (C=O) groups excluding carboxylic acids is 2. The quantitative estimate of drug-likeness (QED) is 0.163. The summed E-state index contributed by atoms with van der Waals surface area (Å²) in [6.07, 6.45) is 5.52. The second-order valence-electron chi connectivity index (χ2n) is 9.24. The highest BCUT2D eigenvalue weighted by atomic mass is 16.5. The van der Waals surface area contributed by atoms with E-state index in [2.05, 4.69) is 10.6 Å². The van der Waals surface area contributed by atoms with Crippen LogP contribution in [0.1, 0.15) is 44.9 Å². The standard InChI is InChI=1S/C33H34N2O4/c36-32(34-26-18-22-30(23-19-26)38-28-12-6-4-7-13-28)16-10-2-1-3-11-17-33(37)35-27-20-24-31(25-21-27)39-29-14-8-5-9-15-29/h4-9,12-15,18-25H,1-3,10-11,16-17H2,(H,34,36)(H,35,37). The van der Waals surface area contributed by atoms with E-state index in [9.17, 15) is 9.59 Å². The molecule has 0 heterocycles.